The first-order chi connectivity index (χ1) is 12.4. The minimum Gasteiger partial charge on any atom is -0.429 e. The predicted octanol–water partition coefficient (Wildman–Crippen LogP) is 6.01. The van der Waals surface area contributed by atoms with E-state index in [1.54, 1.807) is 12.1 Å². The molecule has 1 saturated carbocycles. The zero-order valence-corrected chi connectivity index (χ0v) is 13.9. The lowest BCUT2D eigenvalue weighted by Gasteiger charge is -2.23. The summed E-state index contributed by atoms with van der Waals surface area (Å²) in [6.07, 6.45) is 1.84. The summed E-state index contributed by atoms with van der Waals surface area (Å²) in [4.78, 5) is 0. The van der Waals surface area contributed by atoms with Crippen LogP contribution < -0.4 is 4.74 Å². The third-order valence-electron chi connectivity index (χ3n) is 4.70. The molecule has 0 N–H and O–H groups in total. The average molecular weight is 363 g/mol. The molecule has 0 aliphatic heterocycles. The molecule has 0 aromatic heterocycles. The van der Waals surface area contributed by atoms with Crippen LogP contribution in [0, 0.1) is 23.0 Å². The molecular weight excluding hydrogens is 346 g/mol. The lowest BCUT2D eigenvalue weighted by atomic mass is 9.84. The second kappa shape index (κ2) is 7.36. The molecule has 26 heavy (non-hydrogen) atoms. The highest BCUT2D eigenvalue weighted by Gasteiger charge is 2.35. The number of halogens is 4. The largest absolute Gasteiger partial charge is 0.429 e. The van der Waals surface area contributed by atoms with E-state index in [9.17, 15) is 17.6 Å². The molecule has 0 spiro atoms. The van der Waals surface area contributed by atoms with Crippen LogP contribution >= 0.6 is 0 Å². The van der Waals surface area contributed by atoms with E-state index in [1.807, 2.05) is 0 Å². The lowest BCUT2D eigenvalue weighted by molar-refractivity contribution is -0.185. The molecule has 0 bridgehead atoms. The van der Waals surface area contributed by atoms with Gasteiger partial charge in [0, 0.05) is 12.1 Å². The van der Waals surface area contributed by atoms with Crippen molar-refractivity contribution in [1.82, 2.24) is 0 Å². The van der Waals surface area contributed by atoms with Crippen LogP contribution in [-0.4, -0.2) is 0 Å². The van der Waals surface area contributed by atoms with Crippen LogP contribution in [0.3, 0.4) is 0 Å². The standard InChI is InChI=1S/C20H17F4NO/c21-18-10-16(11-19(22)17(18)12-25)26-20(23,24)15-8-6-14(7-9-15)13-4-2-1-3-5-13/h6-11,13H,1-5H2. The van der Waals surface area contributed by atoms with Gasteiger partial charge < -0.3 is 4.74 Å². The number of nitrogens with zero attached hydrogens (tertiary/aromatic N) is 1. The molecule has 0 radical (unpaired) electrons. The summed E-state index contributed by atoms with van der Waals surface area (Å²) in [6, 6.07) is 8.35. The Morgan fingerprint density at radius 3 is 2.08 bits per heavy atom. The number of hydrogen-bond donors (Lipinski definition) is 0. The van der Waals surface area contributed by atoms with Crippen molar-refractivity contribution >= 4 is 0 Å². The van der Waals surface area contributed by atoms with Crippen LogP contribution in [-0.2, 0) is 6.11 Å². The smallest absolute Gasteiger partial charge is 0.426 e. The van der Waals surface area contributed by atoms with Gasteiger partial charge >= 0.3 is 6.11 Å². The van der Waals surface area contributed by atoms with E-state index in [-0.39, 0.29) is 0 Å². The monoisotopic (exact) mass is 363 g/mol. The number of ether oxygens (including phenoxy) is 1. The van der Waals surface area contributed by atoms with Crippen molar-refractivity contribution in [2.75, 3.05) is 0 Å². The van der Waals surface area contributed by atoms with Gasteiger partial charge in [-0.05, 0) is 36.5 Å². The first-order valence-electron chi connectivity index (χ1n) is 8.47. The molecule has 2 aromatic rings. The molecule has 136 valence electrons. The fourth-order valence-corrected chi connectivity index (χ4v) is 3.31. The fraction of sp³-hybridized carbons (Fsp3) is 0.350. The van der Waals surface area contributed by atoms with Crippen LogP contribution in [0.4, 0.5) is 17.6 Å². The van der Waals surface area contributed by atoms with E-state index in [4.69, 9.17) is 5.26 Å². The highest BCUT2D eigenvalue weighted by atomic mass is 19.3. The van der Waals surface area contributed by atoms with Gasteiger partial charge in [0.15, 0.2) is 0 Å². The number of nitriles is 1. The Labute approximate surface area is 149 Å². The van der Waals surface area contributed by atoms with Crippen molar-refractivity contribution in [3.63, 3.8) is 0 Å². The van der Waals surface area contributed by atoms with Crippen LogP contribution in [0.2, 0.25) is 0 Å². The van der Waals surface area contributed by atoms with E-state index < -0.39 is 34.6 Å². The Morgan fingerprint density at radius 2 is 1.54 bits per heavy atom. The van der Waals surface area contributed by atoms with E-state index in [1.165, 1.54) is 24.6 Å². The Kier molecular flexibility index (Phi) is 5.17. The summed E-state index contributed by atoms with van der Waals surface area (Å²) < 4.78 is 60.3. The minimum absolute atomic E-state index is 0.383. The highest BCUT2D eigenvalue weighted by Crippen LogP contribution is 2.36. The van der Waals surface area contributed by atoms with Gasteiger partial charge in [-0.15, -0.1) is 0 Å². The van der Waals surface area contributed by atoms with Crippen molar-refractivity contribution in [2.24, 2.45) is 0 Å². The Hall–Kier alpha value is -2.55. The molecule has 3 rings (SSSR count). The molecule has 1 aliphatic carbocycles. The van der Waals surface area contributed by atoms with Crippen LogP contribution in [0.25, 0.3) is 0 Å². The van der Waals surface area contributed by atoms with Gasteiger partial charge in [-0.3, -0.25) is 0 Å². The fourth-order valence-electron chi connectivity index (χ4n) is 3.31. The van der Waals surface area contributed by atoms with Crippen LogP contribution in [0.1, 0.15) is 54.7 Å². The minimum atomic E-state index is -3.75. The number of rotatable bonds is 4. The summed E-state index contributed by atoms with van der Waals surface area (Å²) >= 11 is 0. The molecule has 2 aromatic carbocycles. The first kappa shape index (κ1) is 18.2. The average Bonchev–Trinajstić information content (AvgIpc) is 2.62. The number of alkyl halides is 2. The van der Waals surface area contributed by atoms with E-state index in [0.717, 1.165) is 31.2 Å². The van der Waals surface area contributed by atoms with Crippen molar-refractivity contribution in [3.05, 3.63) is 64.7 Å². The van der Waals surface area contributed by atoms with Gasteiger partial charge in [-0.25, -0.2) is 8.78 Å². The number of benzene rings is 2. The summed E-state index contributed by atoms with van der Waals surface area (Å²) in [6.45, 7) is 0. The molecule has 1 aliphatic rings. The third kappa shape index (κ3) is 3.82. The van der Waals surface area contributed by atoms with Gasteiger partial charge in [0.05, 0.1) is 5.56 Å². The maximum atomic E-state index is 14.3. The maximum absolute atomic E-state index is 14.3. The van der Waals surface area contributed by atoms with E-state index >= 15 is 0 Å². The zero-order chi connectivity index (χ0) is 18.7. The van der Waals surface area contributed by atoms with Crippen molar-refractivity contribution in [3.8, 4) is 11.8 Å². The first-order valence-corrected chi connectivity index (χ1v) is 8.47. The van der Waals surface area contributed by atoms with Gasteiger partial charge in [-0.2, -0.15) is 14.0 Å². The topological polar surface area (TPSA) is 33.0 Å². The van der Waals surface area contributed by atoms with Gasteiger partial charge in [-0.1, -0.05) is 31.4 Å². The molecular formula is C20H17F4NO. The SMILES string of the molecule is N#Cc1c(F)cc(OC(F)(F)c2ccc(C3CCCCC3)cc2)cc1F. The van der Waals surface area contributed by atoms with Crippen LogP contribution in [0.5, 0.6) is 5.75 Å². The van der Waals surface area contributed by atoms with E-state index in [0.29, 0.717) is 18.1 Å². The Morgan fingerprint density at radius 1 is 0.962 bits per heavy atom. The normalized spacial score (nSPS) is 15.5. The summed E-state index contributed by atoms with van der Waals surface area (Å²) in [5, 5.41) is 8.62. The number of hydrogen-bond acceptors (Lipinski definition) is 2. The second-order valence-electron chi connectivity index (χ2n) is 6.45. The predicted molar refractivity (Wildman–Crippen MR) is 87.9 cm³/mol. The Bertz CT molecular complexity index is 798. The molecule has 6 heteroatoms. The quantitative estimate of drug-likeness (QED) is 0.623. The van der Waals surface area contributed by atoms with Gasteiger partial charge in [0.25, 0.3) is 0 Å². The van der Waals surface area contributed by atoms with Crippen molar-refractivity contribution < 1.29 is 22.3 Å². The zero-order valence-electron chi connectivity index (χ0n) is 13.9. The van der Waals surface area contributed by atoms with Crippen molar-refractivity contribution in [1.29, 1.82) is 5.26 Å². The third-order valence-corrected chi connectivity index (χ3v) is 4.70. The van der Waals surface area contributed by atoms with E-state index in [2.05, 4.69) is 4.74 Å². The molecule has 0 unspecified atom stereocenters. The van der Waals surface area contributed by atoms with Crippen LogP contribution in [0.15, 0.2) is 36.4 Å². The van der Waals surface area contributed by atoms with Gasteiger partial charge in [0.2, 0.25) is 0 Å². The molecule has 1 fully saturated rings. The second-order valence-corrected chi connectivity index (χ2v) is 6.45. The lowest BCUT2D eigenvalue weighted by Crippen LogP contribution is -2.22. The maximum Gasteiger partial charge on any atom is 0.426 e. The van der Waals surface area contributed by atoms with Gasteiger partial charge in [0.1, 0.15) is 29.0 Å². The molecule has 0 heterocycles. The molecule has 0 saturated heterocycles. The Balaban J connectivity index is 1.78. The molecule has 2 nitrogen and oxygen atoms in total. The summed E-state index contributed by atoms with van der Waals surface area (Å²) in [7, 11) is 0. The highest BCUT2D eigenvalue weighted by molar-refractivity contribution is 5.38. The summed E-state index contributed by atoms with van der Waals surface area (Å²) in [5.41, 5.74) is -0.223. The molecule has 0 atom stereocenters. The molecule has 0 amide bonds. The summed E-state index contributed by atoms with van der Waals surface area (Å²) in [5.74, 6) is -2.79. The van der Waals surface area contributed by atoms with Crippen molar-refractivity contribution in [2.45, 2.75) is 44.1 Å².